The number of rotatable bonds is 5. The largest absolute Gasteiger partial charge is 0.447 e. The first-order valence-electron chi connectivity index (χ1n) is 13.4. The standard InChI is InChI=1S/C33H31NO4/c1-20(2)17-23-19-38-33(37)34(23)32(36)31-29(35)18-28(26-15-7-11-21-9-3-5-13-24(21)26)30(31)27-16-8-12-22-10-4-6-14-25(22)27/h3-16,20,23,28,30-31H,17-19H2,1-2H3/t23-,28-,30-,31-/m0/s1. The molecule has 0 aromatic heterocycles. The van der Waals surface area contributed by atoms with Gasteiger partial charge in [0.2, 0.25) is 5.91 Å². The summed E-state index contributed by atoms with van der Waals surface area (Å²) in [7, 11) is 0. The Bertz CT molecular complexity index is 1550. The number of hydrogen-bond acceptors (Lipinski definition) is 4. The van der Waals surface area contributed by atoms with Crippen LogP contribution < -0.4 is 0 Å². The summed E-state index contributed by atoms with van der Waals surface area (Å²) in [5, 5.41) is 4.28. The highest BCUT2D eigenvalue weighted by Gasteiger charge is 2.52. The van der Waals surface area contributed by atoms with Gasteiger partial charge in [-0.2, -0.15) is 0 Å². The average Bonchev–Trinajstić information content (AvgIpc) is 3.46. The van der Waals surface area contributed by atoms with Crippen molar-refractivity contribution in [1.29, 1.82) is 0 Å². The van der Waals surface area contributed by atoms with Crippen LogP contribution in [0.25, 0.3) is 21.5 Å². The molecule has 0 spiro atoms. The summed E-state index contributed by atoms with van der Waals surface area (Å²) < 4.78 is 5.33. The second kappa shape index (κ2) is 9.71. The molecule has 2 fully saturated rings. The summed E-state index contributed by atoms with van der Waals surface area (Å²) in [6.07, 6.45) is 0.249. The van der Waals surface area contributed by atoms with Gasteiger partial charge in [-0.3, -0.25) is 9.59 Å². The predicted molar refractivity (Wildman–Crippen MR) is 148 cm³/mol. The molecular weight excluding hydrogens is 474 g/mol. The van der Waals surface area contributed by atoms with Crippen LogP contribution in [0, 0.1) is 11.8 Å². The normalized spacial score (nSPS) is 23.5. The minimum atomic E-state index is -0.954. The Kier molecular flexibility index (Phi) is 6.22. The van der Waals surface area contributed by atoms with Crippen LogP contribution in [-0.4, -0.2) is 35.3 Å². The lowest BCUT2D eigenvalue weighted by molar-refractivity contribution is -0.138. The molecule has 0 unspecified atom stereocenters. The molecule has 38 heavy (non-hydrogen) atoms. The van der Waals surface area contributed by atoms with Gasteiger partial charge in [-0.1, -0.05) is 98.8 Å². The first-order valence-corrected chi connectivity index (χ1v) is 13.4. The Morgan fingerprint density at radius 1 is 0.842 bits per heavy atom. The minimum Gasteiger partial charge on any atom is -0.447 e. The van der Waals surface area contributed by atoms with Gasteiger partial charge < -0.3 is 4.74 Å². The zero-order valence-corrected chi connectivity index (χ0v) is 21.7. The number of imide groups is 1. The van der Waals surface area contributed by atoms with Crippen molar-refractivity contribution in [2.75, 3.05) is 6.61 Å². The lowest BCUT2D eigenvalue weighted by Crippen LogP contribution is -2.45. The van der Waals surface area contributed by atoms with Crippen LogP contribution in [-0.2, 0) is 14.3 Å². The second-order valence-corrected chi connectivity index (χ2v) is 11.0. The van der Waals surface area contributed by atoms with E-state index >= 15 is 0 Å². The smallest absolute Gasteiger partial charge is 0.416 e. The van der Waals surface area contributed by atoms with Crippen molar-refractivity contribution in [2.45, 2.75) is 44.6 Å². The number of ether oxygens (including phenoxy) is 1. The lowest BCUT2D eigenvalue weighted by Gasteiger charge is -2.29. The molecule has 1 heterocycles. The number of hydrogen-bond donors (Lipinski definition) is 0. The van der Waals surface area contributed by atoms with E-state index in [1.165, 1.54) is 4.90 Å². The van der Waals surface area contributed by atoms with Crippen molar-refractivity contribution < 1.29 is 19.1 Å². The number of nitrogens with zero attached hydrogens (tertiary/aromatic N) is 1. The van der Waals surface area contributed by atoms with Gasteiger partial charge in [-0.25, -0.2) is 9.69 Å². The number of carbonyl (C=O) groups excluding carboxylic acids is 3. The first-order chi connectivity index (χ1) is 18.4. The summed E-state index contributed by atoms with van der Waals surface area (Å²) in [5.41, 5.74) is 2.03. The third-order valence-corrected chi connectivity index (χ3v) is 8.17. The molecule has 0 N–H and O–H groups in total. The Balaban J connectivity index is 1.52. The second-order valence-electron chi connectivity index (χ2n) is 11.0. The SMILES string of the molecule is CC(C)C[C@H]1COC(=O)N1C(=O)[C@H]1C(=O)C[C@@H](c2cccc3ccccc23)[C@@H]1c1cccc2ccccc12. The molecule has 1 aliphatic heterocycles. The highest BCUT2D eigenvalue weighted by Crippen LogP contribution is 2.51. The molecule has 4 aromatic rings. The Morgan fingerprint density at radius 2 is 1.42 bits per heavy atom. The van der Waals surface area contributed by atoms with Crippen LogP contribution in [0.3, 0.4) is 0 Å². The van der Waals surface area contributed by atoms with Crippen LogP contribution in [0.5, 0.6) is 0 Å². The Hall–Kier alpha value is -3.99. The Labute approximate surface area is 222 Å². The fourth-order valence-electron chi connectivity index (χ4n) is 6.61. The van der Waals surface area contributed by atoms with E-state index in [1.54, 1.807) is 0 Å². The topological polar surface area (TPSA) is 63.7 Å². The van der Waals surface area contributed by atoms with Gasteiger partial charge in [0.15, 0.2) is 0 Å². The molecule has 1 saturated carbocycles. The van der Waals surface area contributed by atoms with Gasteiger partial charge in [-0.15, -0.1) is 0 Å². The van der Waals surface area contributed by atoms with Crippen LogP contribution in [0.1, 0.15) is 49.7 Å². The van der Waals surface area contributed by atoms with Crippen LogP contribution in [0.4, 0.5) is 4.79 Å². The predicted octanol–water partition coefficient (Wildman–Crippen LogP) is 6.84. The van der Waals surface area contributed by atoms with E-state index in [4.69, 9.17) is 4.74 Å². The zero-order valence-electron chi connectivity index (χ0n) is 21.7. The van der Waals surface area contributed by atoms with E-state index in [9.17, 15) is 14.4 Å². The third-order valence-electron chi connectivity index (χ3n) is 8.17. The van der Waals surface area contributed by atoms with Gasteiger partial charge in [0.05, 0.1) is 6.04 Å². The maximum absolute atomic E-state index is 14.2. The summed E-state index contributed by atoms with van der Waals surface area (Å²) in [5.74, 6) is -1.82. The first kappa shape index (κ1) is 24.4. The molecule has 0 radical (unpaired) electrons. The molecular formula is C33H31NO4. The summed E-state index contributed by atoms with van der Waals surface area (Å²) in [6, 6.07) is 28.2. The fraction of sp³-hybridized carbons (Fsp3) is 0.303. The average molecular weight is 506 g/mol. The molecule has 4 atom stereocenters. The van der Waals surface area contributed by atoms with Gasteiger partial charge in [0, 0.05) is 12.3 Å². The molecule has 6 rings (SSSR count). The molecule has 5 nitrogen and oxygen atoms in total. The van der Waals surface area contributed by atoms with Crippen molar-refractivity contribution in [3.8, 4) is 0 Å². The minimum absolute atomic E-state index is 0.117. The van der Waals surface area contributed by atoms with Crippen molar-refractivity contribution in [3.05, 3.63) is 96.1 Å². The lowest BCUT2D eigenvalue weighted by atomic mass is 9.76. The van der Waals surface area contributed by atoms with Crippen molar-refractivity contribution in [2.24, 2.45) is 11.8 Å². The van der Waals surface area contributed by atoms with E-state index in [0.717, 1.165) is 32.7 Å². The van der Waals surface area contributed by atoms with Crippen molar-refractivity contribution in [3.63, 3.8) is 0 Å². The Morgan fingerprint density at radius 3 is 2.08 bits per heavy atom. The highest BCUT2D eigenvalue weighted by molar-refractivity contribution is 6.10. The summed E-state index contributed by atoms with van der Waals surface area (Å²) >= 11 is 0. The van der Waals surface area contributed by atoms with Crippen LogP contribution in [0.15, 0.2) is 84.9 Å². The molecule has 2 aliphatic rings. The van der Waals surface area contributed by atoms with E-state index in [0.29, 0.717) is 6.42 Å². The van der Waals surface area contributed by atoms with Gasteiger partial charge in [0.25, 0.3) is 0 Å². The molecule has 192 valence electrons. The molecule has 1 saturated heterocycles. The molecule has 4 aromatic carbocycles. The number of ketones is 1. The number of carbonyl (C=O) groups is 3. The fourth-order valence-corrected chi connectivity index (χ4v) is 6.61. The van der Waals surface area contributed by atoms with E-state index in [-0.39, 0.29) is 36.7 Å². The quantitative estimate of drug-likeness (QED) is 0.279. The number of cyclic esters (lactones) is 1. The van der Waals surface area contributed by atoms with Crippen LogP contribution >= 0.6 is 0 Å². The van der Waals surface area contributed by atoms with E-state index in [2.05, 4.69) is 56.3 Å². The van der Waals surface area contributed by atoms with Gasteiger partial charge in [-0.05, 0) is 50.9 Å². The molecule has 2 amide bonds. The molecule has 1 aliphatic carbocycles. The van der Waals surface area contributed by atoms with E-state index in [1.807, 2.05) is 42.5 Å². The van der Waals surface area contributed by atoms with Gasteiger partial charge in [0.1, 0.15) is 18.3 Å². The highest BCUT2D eigenvalue weighted by atomic mass is 16.6. The number of amides is 2. The maximum atomic E-state index is 14.2. The molecule has 5 heteroatoms. The van der Waals surface area contributed by atoms with Crippen molar-refractivity contribution >= 4 is 39.3 Å². The summed E-state index contributed by atoms with van der Waals surface area (Å²) in [4.78, 5) is 42.1. The molecule has 0 bridgehead atoms. The number of Topliss-reactive ketones (excluding diaryl/α,β-unsaturated/α-hetero) is 1. The number of benzene rings is 4. The third kappa shape index (κ3) is 4.07. The zero-order chi connectivity index (χ0) is 26.4. The number of fused-ring (bicyclic) bond motifs is 2. The maximum Gasteiger partial charge on any atom is 0.416 e. The van der Waals surface area contributed by atoms with Crippen LogP contribution in [0.2, 0.25) is 0 Å². The summed E-state index contributed by atoms with van der Waals surface area (Å²) in [6.45, 7) is 4.29. The van der Waals surface area contributed by atoms with Gasteiger partial charge >= 0.3 is 6.09 Å². The monoisotopic (exact) mass is 505 g/mol. The van der Waals surface area contributed by atoms with E-state index < -0.39 is 23.8 Å². The van der Waals surface area contributed by atoms with Crippen molar-refractivity contribution in [1.82, 2.24) is 4.90 Å².